The number of hydrogen-bond donors (Lipinski definition) is 0. The Bertz CT molecular complexity index is 621. The maximum absolute atomic E-state index is 11.2. The third-order valence-electron chi connectivity index (χ3n) is 1.83. The van der Waals surface area contributed by atoms with Crippen LogP contribution in [-0.2, 0) is 9.84 Å². The summed E-state index contributed by atoms with van der Waals surface area (Å²) in [7, 11) is -3.34. The fourth-order valence-electron chi connectivity index (χ4n) is 1.10. The van der Waals surface area contributed by atoms with Crippen molar-refractivity contribution in [3.63, 3.8) is 0 Å². The lowest BCUT2D eigenvalue weighted by Gasteiger charge is -2.00. The molecule has 0 amide bonds. The van der Waals surface area contributed by atoms with E-state index >= 15 is 0 Å². The standard InChI is InChI=1S/C9H7ClN3O2S/c1-16(14,15)8-4-6-13(12-8)9-7(10)3-2-5-11-9/h2-5H,1H3. The normalized spacial score (nSPS) is 11.6. The van der Waals surface area contributed by atoms with Crippen LogP contribution >= 0.6 is 11.6 Å². The van der Waals surface area contributed by atoms with Crippen LogP contribution in [0, 0.1) is 6.20 Å². The molecule has 0 N–H and O–H groups in total. The SMILES string of the molecule is CS(=O)(=O)c1c[c]n(-c2ncccc2Cl)n1. The number of rotatable bonds is 2. The van der Waals surface area contributed by atoms with Gasteiger partial charge in [0.05, 0.1) is 11.2 Å². The highest BCUT2D eigenvalue weighted by Crippen LogP contribution is 2.16. The van der Waals surface area contributed by atoms with Gasteiger partial charge in [-0.25, -0.2) is 18.1 Å². The first-order chi connectivity index (χ1) is 7.48. The Morgan fingerprint density at radius 3 is 2.81 bits per heavy atom. The van der Waals surface area contributed by atoms with Crippen molar-refractivity contribution >= 4 is 21.4 Å². The lowest BCUT2D eigenvalue weighted by molar-refractivity contribution is 0.596. The minimum absolute atomic E-state index is 0.0609. The molecule has 5 nitrogen and oxygen atoms in total. The summed E-state index contributed by atoms with van der Waals surface area (Å²) in [5.74, 6) is 0.346. The number of aromatic nitrogens is 3. The summed E-state index contributed by atoms with van der Waals surface area (Å²) in [5.41, 5.74) is 0. The van der Waals surface area contributed by atoms with E-state index in [4.69, 9.17) is 11.6 Å². The zero-order valence-electron chi connectivity index (χ0n) is 8.25. The average molecular weight is 257 g/mol. The predicted octanol–water partition coefficient (Wildman–Crippen LogP) is 1.12. The Hall–Kier alpha value is -1.40. The molecule has 1 radical (unpaired) electrons. The number of sulfone groups is 1. The molecule has 0 saturated carbocycles. The molecule has 2 aromatic heterocycles. The summed E-state index contributed by atoms with van der Waals surface area (Å²) in [6, 6.07) is 4.59. The van der Waals surface area contributed by atoms with Gasteiger partial charge in [-0.15, -0.1) is 0 Å². The second-order valence-corrected chi connectivity index (χ2v) is 5.47. The van der Waals surface area contributed by atoms with Crippen LogP contribution in [0.15, 0.2) is 29.4 Å². The van der Waals surface area contributed by atoms with Crippen LogP contribution in [0.4, 0.5) is 0 Å². The van der Waals surface area contributed by atoms with Crippen molar-refractivity contribution in [2.24, 2.45) is 0 Å². The third kappa shape index (κ3) is 2.07. The van der Waals surface area contributed by atoms with Gasteiger partial charge >= 0.3 is 0 Å². The first kappa shape index (κ1) is 11.1. The van der Waals surface area contributed by atoms with Crippen LogP contribution in [0.1, 0.15) is 0 Å². The second-order valence-electron chi connectivity index (χ2n) is 3.10. The third-order valence-corrected chi connectivity index (χ3v) is 3.08. The highest BCUT2D eigenvalue weighted by atomic mass is 35.5. The van der Waals surface area contributed by atoms with Crippen LogP contribution in [0.25, 0.3) is 5.82 Å². The van der Waals surface area contributed by atoms with Gasteiger partial charge in [0.1, 0.15) is 0 Å². The summed E-state index contributed by atoms with van der Waals surface area (Å²) in [6.45, 7) is 0. The molecule has 0 aliphatic rings. The molecule has 0 aliphatic carbocycles. The zero-order valence-corrected chi connectivity index (χ0v) is 9.83. The van der Waals surface area contributed by atoms with Gasteiger partial charge in [-0.1, -0.05) is 11.6 Å². The molecule has 2 heterocycles. The zero-order chi connectivity index (χ0) is 11.8. The van der Waals surface area contributed by atoms with Crippen LogP contribution < -0.4 is 0 Å². The summed E-state index contributed by atoms with van der Waals surface area (Å²) >= 11 is 5.89. The average Bonchev–Trinajstić information content (AvgIpc) is 2.66. The van der Waals surface area contributed by atoms with Crippen molar-refractivity contribution in [3.8, 4) is 5.82 Å². The molecule has 0 atom stereocenters. The molecular formula is C9H7ClN3O2S. The number of pyridine rings is 1. The van der Waals surface area contributed by atoms with Gasteiger partial charge in [-0.2, -0.15) is 5.10 Å². The molecule has 0 fully saturated rings. The van der Waals surface area contributed by atoms with E-state index in [1.54, 1.807) is 12.1 Å². The monoisotopic (exact) mass is 256 g/mol. The summed E-state index contributed by atoms with van der Waals surface area (Å²) in [5, 5.41) is 4.15. The maximum Gasteiger partial charge on any atom is 0.194 e. The lowest BCUT2D eigenvalue weighted by Crippen LogP contribution is -2.03. The van der Waals surface area contributed by atoms with Crippen molar-refractivity contribution in [3.05, 3.63) is 35.6 Å². The fraction of sp³-hybridized carbons (Fsp3) is 0.111. The number of hydrogen-bond acceptors (Lipinski definition) is 4. The van der Waals surface area contributed by atoms with Gasteiger partial charge in [0.15, 0.2) is 20.7 Å². The number of halogens is 1. The van der Waals surface area contributed by atoms with Crippen molar-refractivity contribution in [1.82, 2.24) is 14.8 Å². The molecule has 0 bridgehead atoms. The van der Waals surface area contributed by atoms with Crippen LogP contribution in [0.3, 0.4) is 0 Å². The smallest absolute Gasteiger partial charge is 0.194 e. The number of nitrogens with zero attached hydrogens (tertiary/aromatic N) is 3. The van der Waals surface area contributed by atoms with Crippen molar-refractivity contribution in [2.75, 3.05) is 6.26 Å². The molecule has 7 heteroatoms. The van der Waals surface area contributed by atoms with Gasteiger partial charge in [0, 0.05) is 18.5 Å². The molecule has 83 valence electrons. The minimum atomic E-state index is -3.34. The molecule has 0 spiro atoms. The first-order valence-electron chi connectivity index (χ1n) is 4.27. The highest BCUT2D eigenvalue weighted by Gasteiger charge is 2.13. The van der Waals surface area contributed by atoms with Gasteiger partial charge in [0.25, 0.3) is 0 Å². The topological polar surface area (TPSA) is 64.8 Å². The van der Waals surface area contributed by atoms with Gasteiger partial charge < -0.3 is 0 Å². The van der Waals surface area contributed by atoms with E-state index in [0.717, 1.165) is 6.26 Å². The van der Waals surface area contributed by atoms with Crippen LogP contribution in [0.5, 0.6) is 0 Å². The minimum Gasteiger partial charge on any atom is -0.236 e. The Kier molecular flexibility index (Phi) is 2.69. The van der Waals surface area contributed by atoms with E-state index in [9.17, 15) is 8.42 Å². The maximum atomic E-state index is 11.2. The van der Waals surface area contributed by atoms with Crippen LogP contribution in [0.2, 0.25) is 5.02 Å². The summed E-state index contributed by atoms with van der Waals surface area (Å²) in [4.78, 5) is 3.99. The summed E-state index contributed by atoms with van der Waals surface area (Å²) in [6.07, 6.45) is 5.26. The van der Waals surface area contributed by atoms with E-state index in [0.29, 0.717) is 10.8 Å². The Morgan fingerprint density at radius 2 is 2.25 bits per heavy atom. The molecule has 16 heavy (non-hydrogen) atoms. The lowest BCUT2D eigenvalue weighted by atomic mass is 10.4. The first-order valence-corrected chi connectivity index (χ1v) is 6.54. The molecule has 0 aliphatic heterocycles. The Balaban J connectivity index is 2.52. The van der Waals surface area contributed by atoms with Gasteiger partial charge in [-0.3, -0.25) is 0 Å². The van der Waals surface area contributed by atoms with E-state index < -0.39 is 9.84 Å². The Labute approximate surface area is 97.6 Å². The van der Waals surface area contributed by atoms with E-state index in [1.165, 1.54) is 16.9 Å². The van der Waals surface area contributed by atoms with Crippen molar-refractivity contribution in [2.45, 2.75) is 5.03 Å². The highest BCUT2D eigenvalue weighted by molar-refractivity contribution is 7.90. The molecule has 0 saturated heterocycles. The second kappa shape index (κ2) is 3.88. The largest absolute Gasteiger partial charge is 0.236 e. The van der Waals surface area contributed by atoms with E-state index in [2.05, 4.69) is 16.3 Å². The van der Waals surface area contributed by atoms with Gasteiger partial charge in [0.2, 0.25) is 0 Å². The van der Waals surface area contributed by atoms with Gasteiger partial charge in [-0.05, 0) is 12.1 Å². The van der Waals surface area contributed by atoms with Crippen LogP contribution in [-0.4, -0.2) is 29.4 Å². The van der Waals surface area contributed by atoms with Crippen molar-refractivity contribution in [1.29, 1.82) is 0 Å². The molecule has 0 unspecified atom stereocenters. The summed E-state index contributed by atoms with van der Waals surface area (Å²) < 4.78 is 23.6. The molecular weight excluding hydrogens is 250 g/mol. The predicted molar refractivity (Wildman–Crippen MR) is 58.3 cm³/mol. The van der Waals surface area contributed by atoms with E-state index in [1.807, 2.05) is 0 Å². The Morgan fingerprint density at radius 1 is 1.50 bits per heavy atom. The molecule has 2 aromatic rings. The molecule has 2 rings (SSSR count). The van der Waals surface area contributed by atoms with E-state index in [-0.39, 0.29) is 5.03 Å². The van der Waals surface area contributed by atoms with Crippen molar-refractivity contribution < 1.29 is 8.42 Å². The quantitative estimate of drug-likeness (QED) is 0.808. The fourth-order valence-corrected chi connectivity index (χ4v) is 1.79. The molecule has 0 aromatic carbocycles.